The smallest absolute Gasteiger partial charge is 0.240 e. The zero-order chi connectivity index (χ0) is 13.7. The van der Waals surface area contributed by atoms with E-state index in [1.165, 1.54) is 25.7 Å². The van der Waals surface area contributed by atoms with Crippen molar-refractivity contribution >= 4 is 0 Å². The maximum Gasteiger partial charge on any atom is 0.240 e. The van der Waals surface area contributed by atoms with Gasteiger partial charge in [-0.15, -0.1) is 0 Å². The fraction of sp³-hybridized carbons (Fsp3) is 0.857. The minimum absolute atomic E-state index is 0.645. The van der Waals surface area contributed by atoms with E-state index in [0.717, 1.165) is 31.1 Å². The zero-order valence-corrected chi connectivity index (χ0v) is 12.4. The fourth-order valence-electron chi connectivity index (χ4n) is 2.83. The Morgan fingerprint density at radius 3 is 2.68 bits per heavy atom. The van der Waals surface area contributed by atoms with Crippen LogP contribution in [0.25, 0.3) is 0 Å². The fourth-order valence-corrected chi connectivity index (χ4v) is 2.83. The number of aryl methyl sites for hydroxylation is 1. The molecular formula is C14H26N4O. The van der Waals surface area contributed by atoms with Gasteiger partial charge in [-0.25, -0.2) is 0 Å². The summed E-state index contributed by atoms with van der Waals surface area (Å²) in [7, 11) is 4.22. The molecule has 19 heavy (non-hydrogen) atoms. The van der Waals surface area contributed by atoms with Crippen molar-refractivity contribution in [2.24, 2.45) is 0 Å². The topological polar surface area (TPSA) is 54.2 Å². The van der Waals surface area contributed by atoms with E-state index >= 15 is 0 Å². The van der Waals surface area contributed by atoms with Crippen LogP contribution in [0.5, 0.6) is 0 Å². The number of hydrogen-bond donors (Lipinski definition) is 1. The van der Waals surface area contributed by atoms with Gasteiger partial charge in [0.15, 0.2) is 5.82 Å². The van der Waals surface area contributed by atoms with Crippen molar-refractivity contribution in [3.63, 3.8) is 0 Å². The van der Waals surface area contributed by atoms with Crippen LogP contribution in [0, 0.1) is 0 Å². The Balaban J connectivity index is 1.81. The van der Waals surface area contributed by atoms with Crippen LogP contribution in [0.15, 0.2) is 4.52 Å². The number of nitrogens with zero attached hydrogens (tertiary/aromatic N) is 3. The lowest BCUT2D eigenvalue weighted by molar-refractivity contribution is 0.153. The van der Waals surface area contributed by atoms with Gasteiger partial charge in [0.25, 0.3) is 0 Å². The Hall–Kier alpha value is -0.940. The second-order valence-corrected chi connectivity index (χ2v) is 5.56. The Morgan fingerprint density at radius 1 is 1.32 bits per heavy atom. The van der Waals surface area contributed by atoms with Gasteiger partial charge in [-0.05, 0) is 46.2 Å². The summed E-state index contributed by atoms with van der Waals surface area (Å²) in [4.78, 5) is 6.79. The van der Waals surface area contributed by atoms with E-state index in [-0.39, 0.29) is 0 Å². The van der Waals surface area contributed by atoms with Gasteiger partial charge in [-0.2, -0.15) is 4.98 Å². The van der Waals surface area contributed by atoms with Gasteiger partial charge in [-0.1, -0.05) is 12.1 Å². The van der Waals surface area contributed by atoms with Crippen molar-refractivity contribution in [2.75, 3.05) is 14.1 Å². The molecule has 108 valence electrons. The lowest BCUT2D eigenvalue weighted by Gasteiger charge is -2.33. The molecule has 1 aliphatic rings. The summed E-state index contributed by atoms with van der Waals surface area (Å²) >= 11 is 0. The largest absolute Gasteiger partial charge is 0.338 e. The van der Waals surface area contributed by atoms with Crippen molar-refractivity contribution in [3.05, 3.63) is 11.7 Å². The normalized spacial score (nSPS) is 24.0. The standard InChI is InChI=1S/C14H26N4O/c1-4-5-13-16-14(19-17-13)10-18(3)12-8-6-11(15-2)7-9-12/h11-12,15H,4-10H2,1-3H3. The number of aromatic nitrogens is 2. The van der Waals surface area contributed by atoms with Gasteiger partial charge in [0.2, 0.25) is 5.89 Å². The van der Waals surface area contributed by atoms with Gasteiger partial charge < -0.3 is 9.84 Å². The number of hydrogen-bond acceptors (Lipinski definition) is 5. The molecule has 0 bridgehead atoms. The highest BCUT2D eigenvalue weighted by atomic mass is 16.5. The molecule has 0 amide bonds. The van der Waals surface area contributed by atoms with E-state index < -0.39 is 0 Å². The Labute approximate surface area is 115 Å². The molecule has 0 spiro atoms. The zero-order valence-electron chi connectivity index (χ0n) is 12.4. The van der Waals surface area contributed by atoms with Crippen molar-refractivity contribution in [2.45, 2.75) is 64.1 Å². The first-order chi connectivity index (χ1) is 9.22. The van der Waals surface area contributed by atoms with Gasteiger partial charge in [0, 0.05) is 18.5 Å². The second kappa shape index (κ2) is 7.01. The summed E-state index contributed by atoms with van der Waals surface area (Å²) in [6.45, 7) is 2.90. The van der Waals surface area contributed by atoms with E-state index in [4.69, 9.17) is 4.52 Å². The Kier molecular flexibility index (Phi) is 5.34. The molecule has 1 aliphatic carbocycles. The molecule has 1 N–H and O–H groups in total. The maximum absolute atomic E-state index is 5.31. The minimum atomic E-state index is 0.645. The molecule has 1 saturated carbocycles. The van der Waals surface area contributed by atoms with E-state index in [0.29, 0.717) is 12.1 Å². The molecule has 0 unspecified atom stereocenters. The summed E-state index contributed by atoms with van der Waals surface area (Å²) < 4.78 is 5.31. The van der Waals surface area contributed by atoms with Crippen LogP contribution < -0.4 is 5.32 Å². The predicted octanol–water partition coefficient (Wildman–Crippen LogP) is 1.98. The second-order valence-electron chi connectivity index (χ2n) is 5.56. The lowest BCUT2D eigenvalue weighted by atomic mass is 9.90. The summed E-state index contributed by atoms with van der Waals surface area (Å²) in [6.07, 6.45) is 6.98. The monoisotopic (exact) mass is 266 g/mol. The van der Waals surface area contributed by atoms with Crippen LogP contribution in [0.4, 0.5) is 0 Å². The molecular weight excluding hydrogens is 240 g/mol. The highest BCUT2D eigenvalue weighted by Crippen LogP contribution is 2.23. The van der Waals surface area contributed by atoms with Crippen LogP contribution in [-0.2, 0) is 13.0 Å². The van der Waals surface area contributed by atoms with Gasteiger partial charge in [-0.3, -0.25) is 4.90 Å². The van der Waals surface area contributed by atoms with E-state index in [1.54, 1.807) is 0 Å². The van der Waals surface area contributed by atoms with Crippen LogP contribution in [-0.4, -0.2) is 41.2 Å². The van der Waals surface area contributed by atoms with Gasteiger partial charge in [0.05, 0.1) is 6.54 Å². The van der Waals surface area contributed by atoms with E-state index in [9.17, 15) is 0 Å². The first kappa shape index (κ1) is 14.5. The maximum atomic E-state index is 5.31. The lowest BCUT2D eigenvalue weighted by Crippen LogP contribution is -2.39. The first-order valence-electron chi connectivity index (χ1n) is 7.42. The third-order valence-electron chi connectivity index (χ3n) is 4.10. The van der Waals surface area contributed by atoms with Crippen LogP contribution in [0.1, 0.15) is 50.7 Å². The molecule has 1 fully saturated rings. The third-order valence-corrected chi connectivity index (χ3v) is 4.10. The highest BCUT2D eigenvalue weighted by Gasteiger charge is 2.24. The van der Waals surface area contributed by atoms with E-state index in [2.05, 4.69) is 41.4 Å². The average Bonchev–Trinajstić information content (AvgIpc) is 2.86. The third kappa shape index (κ3) is 4.01. The molecule has 5 heteroatoms. The molecule has 0 aliphatic heterocycles. The summed E-state index contributed by atoms with van der Waals surface area (Å²) in [5, 5.41) is 7.38. The predicted molar refractivity (Wildman–Crippen MR) is 74.9 cm³/mol. The average molecular weight is 266 g/mol. The molecule has 1 aromatic heterocycles. The quantitative estimate of drug-likeness (QED) is 0.853. The molecule has 0 atom stereocenters. The summed E-state index contributed by atoms with van der Waals surface area (Å²) in [6, 6.07) is 1.34. The number of nitrogens with one attached hydrogen (secondary N) is 1. The van der Waals surface area contributed by atoms with Crippen LogP contribution in [0.2, 0.25) is 0 Å². The molecule has 5 nitrogen and oxygen atoms in total. The van der Waals surface area contributed by atoms with E-state index in [1.807, 2.05) is 0 Å². The van der Waals surface area contributed by atoms with Crippen LogP contribution >= 0.6 is 0 Å². The molecule has 1 heterocycles. The highest BCUT2D eigenvalue weighted by molar-refractivity contribution is 4.88. The minimum Gasteiger partial charge on any atom is -0.338 e. The Morgan fingerprint density at radius 2 is 2.05 bits per heavy atom. The molecule has 0 aromatic carbocycles. The number of rotatable bonds is 6. The summed E-state index contributed by atoms with van der Waals surface area (Å²) in [5.41, 5.74) is 0. The Bertz CT molecular complexity index is 371. The van der Waals surface area contributed by atoms with Gasteiger partial charge in [0.1, 0.15) is 0 Å². The van der Waals surface area contributed by atoms with Crippen molar-refractivity contribution in [3.8, 4) is 0 Å². The molecule has 0 radical (unpaired) electrons. The summed E-state index contributed by atoms with van der Waals surface area (Å²) in [5.74, 6) is 1.59. The van der Waals surface area contributed by atoms with Crippen molar-refractivity contribution < 1.29 is 4.52 Å². The molecule has 0 saturated heterocycles. The molecule has 2 rings (SSSR count). The molecule has 1 aromatic rings. The van der Waals surface area contributed by atoms with Crippen molar-refractivity contribution in [1.29, 1.82) is 0 Å². The first-order valence-corrected chi connectivity index (χ1v) is 7.42. The van der Waals surface area contributed by atoms with Gasteiger partial charge >= 0.3 is 0 Å². The SMILES string of the molecule is CCCc1noc(CN(C)C2CCC(NC)CC2)n1. The van der Waals surface area contributed by atoms with Crippen molar-refractivity contribution in [1.82, 2.24) is 20.4 Å². The van der Waals surface area contributed by atoms with Crippen LogP contribution in [0.3, 0.4) is 0 Å².